The van der Waals surface area contributed by atoms with Crippen LogP contribution in [-0.2, 0) is 4.79 Å². The largest absolute Gasteiger partial charge is 0.480 e. The number of carboxylic acid groups (broad SMARTS) is 1. The minimum atomic E-state index is -0.972. The molecule has 2 aliphatic rings. The molecular weight excluding hydrogens is 258 g/mol. The highest BCUT2D eigenvalue weighted by Gasteiger charge is 2.35. The van der Waals surface area contributed by atoms with Crippen LogP contribution >= 0.6 is 0 Å². The van der Waals surface area contributed by atoms with Crippen molar-refractivity contribution in [2.45, 2.75) is 50.6 Å². The van der Waals surface area contributed by atoms with E-state index in [1.54, 1.807) is 6.07 Å². The molecule has 0 aromatic carbocycles. The molecule has 2 fully saturated rings. The Morgan fingerprint density at radius 3 is 2.60 bits per heavy atom. The number of aromatic nitrogens is 2. The van der Waals surface area contributed by atoms with Crippen LogP contribution in [0.3, 0.4) is 0 Å². The Bertz CT molecular complexity index is 515. The third-order valence-electron chi connectivity index (χ3n) is 4.08. The van der Waals surface area contributed by atoms with Crippen molar-refractivity contribution in [2.24, 2.45) is 0 Å². The number of hydrogen-bond donors (Lipinski definition) is 1. The summed E-state index contributed by atoms with van der Waals surface area (Å²) < 4.78 is 1.87. The monoisotopic (exact) mass is 277 g/mol. The molecule has 0 unspecified atom stereocenters. The second-order valence-electron chi connectivity index (χ2n) is 5.68. The molecule has 1 N–H and O–H groups in total. The third kappa shape index (κ3) is 2.69. The lowest BCUT2D eigenvalue weighted by molar-refractivity contribution is -0.137. The van der Waals surface area contributed by atoms with Gasteiger partial charge in [0, 0.05) is 12.2 Å². The van der Waals surface area contributed by atoms with Gasteiger partial charge in [-0.3, -0.25) is 14.3 Å². The number of aliphatic carboxylic acids is 1. The highest BCUT2D eigenvalue weighted by atomic mass is 16.4. The Balaban J connectivity index is 1.73. The first-order valence-electron chi connectivity index (χ1n) is 7.23. The smallest absolute Gasteiger partial charge is 0.323 e. The van der Waals surface area contributed by atoms with E-state index in [1.165, 1.54) is 17.7 Å². The summed E-state index contributed by atoms with van der Waals surface area (Å²) in [6.07, 6.45) is 8.26. The van der Waals surface area contributed by atoms with E-state index in [1.807, 2.05) is 10.9 Å². The van der Waals surface area contributed by atoms with Gasteiger partial charge in [-0.1, -0.05) is 12.8 Å². The Labute approximate surface area is 117 Å². The van der Waals surface area contributed by atoms with Crippen LogP contribution in [0.4, 0.5) is 0 Å². The zero-order valence-corrected chi connectivity index (χ0v) is 11.4. The number of nitrogens with zero attached hydrogens (tertiary/aromatic N) is 3. The van der Waals surface area contributed by atoms with Crippen molar-refractivity contribution >= 4 is 11.9 Å². The van der Waals surface area contributed by atoms with Crippen molar-refractivity contribution in [1.29, 1.82) is 0 Å². The fourth-order valence-corrected chi connectivity index (χ4v) is 2.87. The minimum Gasteiger partial charge on any atom is -0.480 e. The van der Waals surface area contributed by atoms with E-state index in [0.29, 0.717) is 11.7 Å². The molecule has 0 atom stereocenters. The zero-order valence-electron chi connectivity index (χ0n) is 11.4. The van der Waals surface area contributed by atoms with Crippen LogP contribution in [0, 0.1) is 0 Å². The van der Waals surface area contributed by atoms with E-state index >= 15 is 0 Å². The number of carboxylic acids is 1. The Morgan fingerprint density at radius 1 is 1.30 bits per heavy atom. The van der Waals surface area contributed by atoms with Gasteiger partial charge in [0.2, 0.25) is 0 Å². The van der Waals surface area contributed by atoms with E-state index < -0.39 is 5.97 Å². The van der Waals surface area contributed by atoms with Crippen molar-refractivity contribution in [3.63, 3.8) is 0 Å². The van der Waals surface area contributed by atoms with Gasteiger partial charge in [-0.25, -0.2) is 0 Å². The summed E-state index contributed by atoms with van der Waals surface area (Å²) in [7, 11) is 0. The lowest BCUT2D eigenvalue weighted by Crippen LogP contribution is -2.37. The Kier molecular flexibility index (Phi) is 3.46. The Hall–Kier alpha value is -1.85. The lowest BCUT2D eigenvalue weighted by Gasteiger charge is -2.18. The summed E-state index contributed by atoms with van der Waals surface area (Å²) in [4.78, 5) is 24.7. The van der Waals surface area contributed by atoms with Crippen LogP contribution in [0.15, 0.2) is 12.3 Å². The second-order valence-corrected chi connectivity index (χ2v) is 5.68. The first kappa shape index (κ1) is 13.1. The summed E-state index contributed by atoms with van der Waals surface area (Å²) >= 11 is 0. The molecule has 2 saturated carbocycles. The van der Waals surface area contributed by atoms with Gasteiger partial charge in [-0.05, 0) is 31.7 Å². The summed E-state index contributed by atoms with van der Waals surface area (Å²) in [6.45, 7) is -0.236. The van der Waals surface area contributed by atoms with Crippen molar-refractivity contribution in [3.8, 4) is 0 Å². The Morgan fingerprint density at radius 2 is 2.00 bits per heavy atom. The van der Waals surface area contributed by atoms with Gasteiger partial charge in [-0.15, -0.1) is 0 Å². The van der Waals surface area contributed by atoms with Crippen molar-refractivity contribution < 1.29 is 14.7 Å². The van der Waals surface area contributed by atoms with Crippen LogP contribution in [0.25, 0.3) is 0 Å². The van der Waals surface area contributed by atoms with Gasteiger partial charge < -0.3 is 10.0 Å². The molecule has 1 aromatic heterocycles. The molecule has 6 nitrogen and oxygen atoms in total. The predicted molar refractivity (Wildman–Crippen MR) is 71.4 cm³/mol. The first-order valence-corrected chi connectivity index (χ1v) is 7.23. The maximum absolute atomic E-state index is 12.4. The molecule has 2 aliphatic carbocycles. The van der Waals surface area contributed by atoms with Crippen molar-refractivity contribution in [1.82, 2.24) is 14.7 Å². The van der Waals surface area contributed by atoms with Crippen LogP contribution in [-0.4, -0.2) is 44.3 Å². The lowest BCUT2D eigenvalue weighted by atomic mass is 10.3. The minimum absolute atomic E-state index is 0.0789. The normalized spacial score (nSPS) is 19.2. The molecule has 6 heteroatoms. The predicted octanol–water partition coefficient (Wildman–Crippen LogP) is 1.69. The van der Waals surface area contributed by atoms with Crippen LogP contribution in [0.1, 0.15) is 55.1 Å². The fraction of sp³-hybridized carbons (Fsp3) is 0.643. The summed E-state index contributed by atoms with van der Waals surface area (Å²) in [5.74, 6) is -1.23. The van der Waals surface area contributed by atoms with Crippen LogP contribution in [0.2, 0.25) is 0 Å². The first-order chi connectivity index (χ1) is 9.65. The molecule has 3 rings (SSSR count). The van der Waals surface area contributed by atoms with Gasteiger partial charge in [-0.2, -0.15) is 5.10 Å². The molecule has 0 spiro atoms. The average Bonchev–Trinajstić information content (AvgIpc) is 2.94. The highest BCUT2D eigenvalue weighted by molar-refractivity contribution is 5.94. The molecule has 1 aromatic rings. The van der Waals surface area contributed by atoms with E-state index in [4.69, 9.17) is 5.11 Å². The fourth-order valence-electron chi connectivity index (χ4n) is 2.87. The molecule has 1 heterocycles. The highest BCUT2D eigenvalue weighted by Crippen LogP contribution is 2.30. The van der Waals surface area contributed by atoms with Crippen molar-refractivity contribution in [3.05, 3.63) is 18.0 Å². The summed E-state index contributed by atoms with van der Waals surface area (Å²) in [5.41, 5.74) is 0.366. The van der Waals surface area contributed by atoms with Gasteiger partial charge in [0.05, 0.1) is 6.04 Å². The van der Waals surface area contributed by atoms with E-state index in [-0.39, 0.29) is 18.5 Å². The topological polar surface area (TPSA) is 75.4 Å². The number of carbonyl (C=O) groups excluding carboxylic acids is 1. The maximum atomic E-state index is 12.4. The third-order valence-corrected chi connectivity index (χ3v) is 4.08. The maximum Gasteiger partial charge on any atom is 0.323 e. The van der Waals surface area contributed by atoms with Gasteiger partial charge >= 0.3 is 5.97 Å². The molecule has 108 valence electrons. The standard InChI is InChI=1S/C14H19N3O3/c18-13(19)9-16(10-5-6-10)14(20)12-7-8-17(15-12)11-3-1-2-4-11/h7-8,10-11H,1-6,9H2,(H,18,19). The molecular formula is C14H19N3O3. The SMILES string of the molecule is O=C(O)CN(C(=O)c1ccn(C2CCCC2)n1)C1CC1. The molecule has 20 heavy (non-hydrogen) atoms. The quantitative estimate of drug-likeness (QED) is 0.888. The molecule has 0 radical (unpaired) electrons. The van der Waals surface area contributed by atoms with E-state index in [9.17, 15) is 9.59 Å². The molecule has 0 bridgehead atoms. The molecule has 0 saturated heterocycles. The van der Waals surface area contributed by atoms with Gasteiger partial charge in [0.15, 0.2) is 0 Å². The van der Waals surface area contributed by atoms with Crippen molar-refractivity contribution in [2.75, 3.05) is 6.54 Å². The van der Waals surface area contributed by atoms with Gasteiger partial charge in [0.25, 0.3) is 5.91 Å². The number of amides is 1. The zero-order chi connectivity index (χ0) is 14.1. The van der Waals surface area contributed by atoms with Crippen LogP contribution < -0.4 is 0 Å². The summed E-state index contributed by atoms with van der Waals surface area (Å²) in [6, 6.07) is 2.18. The molecule has 1 amide bonds. The van der Waals surface area contributed by atoms with Crippen LogP contribution in [0.5, 0.6) is 0 Å². The van der Waals surface area contributed by atoms with Gasteiger partial charge in [0.1, 0.15) is 12.2 Å². The second kappa shape index (κ2) is 5.26. The van der Waals surface area contributed by atoms with E-state index in [0.717, 1.165) is 25.7 Å². The number of rotatable bonds is 5. The number of hydrogen-bond acceptors (Lipinski definition) is 3. The molecule has 0 aliphatic heterocycles. The summed E-state index contributed by atoms with van der Waals surface area (Å²) in [5, 5.41) is 13.3. The average molecular weight is 277 g/mol. The van der Waals surface area contributed by atoms with E-state index in [2.05, 4.69) is 5.10 Å². The number of carbonyl (C=O) groups is 2.